The summed E-state index contributed by atoms with van der Waals surface area (Å²) in [5.41, 5.74) is 2.17. The van der Waals surface area contributed by atoms with E-state index < -0.39 is 0 Å². The van der Waals surface area contributed by atoms with E-state index in [1.807, 2.05) is 24.3 Å². The van der Waals surface area contributed by atoms with Crippen molar-refractivity contribution in [2.24, 2.45) is 0 Å². The molecule has 132 valence electrons. The van der Waals surface area contributed by atoms with Crippen LogP contribution in [0.25, 0.3) is 0 Å². The van der Waals surface area contributed by atoms with Crippen LogP contribution in [0.15, 0.2) is 48.5 Å². The Balaban J connectivity index is 1.90. The van der Waals surface area contributed by atoms with E-state index in [1.54, 1.807) is 43.3 Å². The lowest BCUT2D eigenvalue weighted by Gasteiger charge is -2.19. The van der Waals surface area contributed by atoms with Crippen LogP contribution in [0.3, 0.4) is 0 Å². The Bertz CT molecular complexity index is 728. The van der Waals surface area contributed by atoms with Crippen molar-refractivity contribution >= 4 is 17.6 Å². The molecular formula is C19H22N2O4. The van der Waals surface area contributed by atoms with E-state index in [9.17, 15) is 9.59 Å². The lowest BCUT2D eigenvalue weighted by Crippen LogP contribution is -2.31. The molecule has 6 heteroatoms. The van der Waals surface area contributed by atoms with Gasteiger partial charge in [0.15, 0.2) is 0 Å². The quantitative estimate of drug-likeness (QED) is 0.783. The maximum absolute atomic E-state index is 12.3. The molecule has 0 spiro atoms. The first-order valence-electron chi connectivity index (χ1n) is 7.83. The molecule has 0 saturated heterocycles. The summed E-state index contributed by atoms with van der Waals surface area (Å²) in [5, 5.41) is 3.05. The number of methoxy groups -OCH3 is 2. The minimum atomic E-state index is -0.390. The molecule has 0 aliphatic heterocycles. The molecule has 0 bridgehead atoms. The highest BCUT2D eigenvalue weighted by Crippen LogP contribution is 2.18. The zero-order valence-electron chi connectivity index (χ0n) is 14.6. The number of hydrogen-bond donors (Lipinski definition) is 1. The molecule has 6 nitrogen and oxygen atoms in total. The Morgan fingerprint density at radius 2 is 1.72 bits per heavy atom. The van der Waals surface area contributed by atoms with Gasteiger partial charge in [0, 0.05) is 24.8 Å². The van der Waals surface area contributed by atoms with E-state index in [2.05, 4.69) is 10.1 Å². The van der Waals surface area contributed by atoms with Crippen LogP contribution < -0.4 is 10.1 Å². The summed E-state index contributed by atoms with van der Waals surface area (Å²) in [6, 6.07) is 14.4. The molecule has 0 saturated carbocycles. The largest absolute Gasteiger partial charge is 0.496 e. The van der Waals surface area contributed by atoms with Gasteiger partial charge in [-0.15, -0.1) is 0 Å². The summed E-state index contributed by atoms with van der Waals surface area (Å²) < 4.78 is 9.95. The molecule has 2 aromatic carbocycles. The predicted octanol–water partition coefficient (Wildman–Crippen LogP) is 2.55. The van der Waals surface area contributed by atoms with Crippen molar-refractivity contribution < 1.29 is 19.1 Å². The van der Waals surface area contributed by atoms with Crippen LogP contribution in [0.4, 0.5) is 5.69 Å². The zero-order chi connectivity index (χ0) is 18.2. The molecule has 0 unspecified atom stereocenters. The Morgan fingerprint density at radius 3 is 2.36 bits per heavy atom. The van der Waals surface area contributed by atoms with E-state index in [0.717, 1.165) is 17.0 Å². The monoisotopic (exact) mass is 342 g/mol. The van der Waals surface area contributed by atoms with Crippen molar-refractivity contribution in [1.82, 2.24) is 4.90 Å². The Labute approximate surface area is 147 Å². The number of para-hydroxylation sites is 1. The topological polar surface area (TPSA) is 67.9 Å². The predicted molar refractivity (Wildman–Crippen MR) is 95.7 cm³/mol. The normalized spacial score (nSPS) is 10.0. The van der Waals surface area contributed by atoms with Crippen LogP contribution in [-0.2, 0) is 16.1 Å². The fraction of sp³-hybridized carbons (Fsp3) is 0.263. The number of carbonyl (C=O) groups excluding carboxylic acids is 2. The minimum absolute atomic E-state index is 0.0528. The Hall–Kier alpha value is -3.02. The second-order valence-corrected chi connectivity index (χ2v) is 5.48. The van der Waals surface area contributed by atoms with E-state index in [0.29, 0.717) is 12.1 Å². The van der Waals surface area contributed by atoms with Crippen LogP contribution >= 0.6 is 0 Å². The zero-order valence-corrected chi connectivity index (χ0v) is 14.6. The lowest BCUT2D eigenvalue weighted by molar-refractivity contribution is -0.128. The van der Waals surface area contributed by atoms with Gasteiger partial charge in [0.05, 0.1) is 26.3 Å². The molecule has 2 rings (SSSR count). The lowest BCUT2D eigenvalue weighted by atomic mass is 10.2. The van der Waals surface area contributed by atoms with Gasteiger partial charge in [-0.2, -0.15) is 0 Å². The first-order valence-corrected chi connectivity index (χ1v) is 7.83. The number of nitrogens with one attached hydrogen (secondary N) is 1. The van der Waals surface area contributed by atoms with Gasteiger partial charge in [0.2, 0.25) is 5.91 Å². The van der Waals surface area contributed by atoms with Crippen molar-refractivity contribution in [3.63, 3.8) is 0 Å². The van der Waals surface area contributed by atoms with Gasteiger partial charge in [-0.3, -0.25) is 4.79 Å². The number of amides is 1. The van der Waals surface area contributed by atoms with Gasteiger partial charge < -0.3 is 19.7 Å². The first-order chi connectivity index (χ1) is 12.0. The third-order valence-corrected chi connectivity index (χ3v) is 3.78. The average molecular weight is 342 g/mol. The highest BCUT2D eigenvalue weighted by Gasteiger charge is 2.12. The molecule has 2 aromatic rings. The second kappa shape index (κ2) is 8.73. The smallest absolute Gasteiger partial charge is 0.337 e. The SMILES string of the molecule is COC(=O)c1ccc(NCC(=O)N(C)Cc2ccccc2OC)cc1. The third kappa shape index (κ3) is 4.97. The summed E-state index contributed by atoms with van der Waals surface area (Å²) in [6.45, 7) is 0.620. The number of hydrogen-bond acceptors (Lipinski definition) is 5. The van der Waals surface area contributed by atoms with Crippen LogP contribution in [0, 0.1) is 0 Å². The van der Waals surface area contributed by atoms with Crippen LogP contribution in [0.5, 0.6) is 5.75 Å². The maximum Gasteiger partial charge on any atom is 0.337 e. The third-order valence-electron chi connectivity index (χ3n) is 3.78. The number of benzene rings is 2. The molecule has 1 amide bonds. The average Bonchev–Trinajstić information content (AvgIpc) is 2.66. The van der Waals surface area contributed by atoms with Crippen molar-refractivity contribution in [3.8, 4) is 5.75 Å². The van der Waals surface area contributed by atoms with E-state index >= 15 is 0 Å². The summed E-state index contributed by atoms with van der Waals surface area (Å²) in [5.74, 6) is 0.315. The molecule has 25 heavy (non-hydrogen) atoms. The van der Waals surface area contributed by atoms with Crippen molar-refractivity contribution in [2.45, 2.75) is 6.54 Å². The van der Waals surface area contributed by atoms with Gasteiger partial charge in [-0.1, -0.05) is 18.2 Å². The van der Waals surface area contributed by atoms with Crippen molar-refractivity contribution in [3.05, 3.63) is 59.7 Å². The Kier molecular flexibility index (Phi) is 6.39. The van der Waals surface area contributed by atoms with Crippen LogP contribution in [-0.4, -0.2) is 44.6 Å². The molecular weight excluding hydrogens is 320 g/mol. The molecule has 0 aliphatic carbocycles. The number of rotatable bonds is 7. The van der Waals surface area contributed by atoms with Crippen LogP contribution in [0.2, 0.25) is 0 Å². The number of likely N-dealkylation sites (N-methyl/N-ethyl adjacent to an activating group) is 1. The standard InChI is InChI=1S/C19H22N2O4/c1-21(13-15-6-4-5-7-17(15)24-2)18(22)12-20-16-10-8-14(9-11-16)19(23)25-3/h4-11,20H,12-13H2,1-3H3. The van der Waals surface area contributed by atoms with Crippen molar-refractivity contribution in [1.29, 1.82) is 0 Å². The molecule has 0 heterocycles. The summed E-state index contributed by atoms with van der Waals surface area (Å²) in [7, 11) is 4.70. The number of esters is 1. The summed E-state index contributed by atoms with van der Waals surface area (Å²) in [4.78, 5) is 25.3. The molecule has 0 radical (unpaired) electrons. The van der Waals surface area contributed by atoms with Gasteiger partial charge in [0.25, 0.3) is 0 Å². The van der Waals surface area contributed by atoms with E-state index in [-0.39, 0.29) is 18.4 Å². The van der Waals surface area contributed by atoms with Gasteiger partial charge in [0.1, 0.15) is 5.75 Å². The van der Waals surface area contributed by atoms with Gasteiger partial charge in [-0.05, 0) is 30.3 Å². The number of anilines is 1. The van der Waals surface area contributed by atoms with Crippen LogP contribution in [0.1, 0.15) is 15.9 Å². The molecule has 0 aromatic heterocycles. The molecule has 0 aliphatic rings. The summed E-state index contributed by atoms with van der Waals surface area (Å²) in [6.07, 6.45) is 0. The minimum Gasteiger partial charge on any atom is -0.496 e. The molecule has 0 fully saturated rings. The fourth-order valence-electron chi connectivity index (χ4n) is 2.33. The fourth-order valence-corrected chi connectivity index (χ4v) is 2.33. The molecule has 1 N–H and O–H groups in total. The van der Waals surface area contributed by atoms with Crippen molar-refractivity contribution in [2.75, 3.05) is 33.1 Å². The van der Waals surface area contributed by atoms with Gasteiger partial charge >= 0.3 is 5.97 Å². The number of carbonyl (C=O) groups is 2. The highest BCUT2D eigenvalue weighted by molar-refractivity contribution is 5.89. The second-order valence-electron chi connectivity index (χ2n) is 5.48. The van der Waals surface area contributed by atoms with Gasteiger partial charge in [-0.25, -0.2) is 4.79 Å². The maximum atomic E-state index is 12.3. The van der Waals surface area contributed by atoms with E-state index in [1.165, 1.54) is 7.11 Å². The first kappa shape index (κ1) is 18.3. The number of nitrogens with zero attached hydrogens (tertiary/aromatic N) is 1. The van der Waals surface area contributed by atoms with E-state index in [4.69, 9.17) is 4.74 Å². The Morgan fingerprint density at radius 1 is 1.04 bits per heavy atom. The molecule has 0 atom stereocenters. The number of ether oxygens (including phenoxy) is 2. The summed E-state index contributed by atoms with van der Waals surface area (Å²) >= 11 is 0. The highest BCUT2D eigenvalue weighted by atomic mass is 16.5.